The Hall–Kier alpha value is -1.55. The predicted octanol–water partition coefficient (Wildman–Crippen LogP) is 4.26. The van der Waals surface area contributed by atoms with Crippen LogP contribution in [0.4, 0.5) is 0 Å². The van der Waals surface area contributed by atoms with Crippen LogP contribution in [0.5, 0.6) is 0 Å². The summed E-state index contributed by atoms with van der Waals surface area (Å²) < 4.78 is 11.6. The fraction of sp³-hybridized carbons (Fsp3) is 0.731. The summed E-state index contributed by atoms with van der Waals surface area (Å²) in [5.41, 5.74) is 1.86. The van der Waals surface area contributed by atoms with E-state index in [4.69, 9.17) is 9.15 Å². The molecule has 0 bridgehead atoms. The van der Waals surface area contributed by atoms with Crippen molar-refractivity contribution in [3.05, 3.63) is 35.8 Å². The number of carbonyl (C=O) groups excluding carboxylic acids is 1. The average Bonchev–Trinajstić information content (AvgIpc) is 3.33. The van der Waals surface area contributed by atoms with Gasteiger partial charge in [0.05, 0.1) is 18.8 Å². The first-order valence-electron chi connectivity index (χ1n) is 12.3. The third-order valence-electron chi connectivity index (χ3n) is 8.79. The molecule has 4 nitrogen and oxygen atoms in total. The molecule has 0 unspecified atom stereocenters. The highest BCUT2D eigenvalue weighted by molar-refractivity contribution is 5.76. The molecule has 1 aliphatic heterocycles. The molecule has 2 heterocycles. The number of carbonyl (C=O) groups is 1. The molecule has 2 N–H and O–H groups in total. The van der Waals surface area contributed by atoms with Gasteiger partial charge in [0, 0.05) is 18.3 Å². The Bertz CT molecular complexity index is 784. The van der Waals surface area contributed by atoms with Gasteiger partial charge in [-0.1, -0.05) is 38.3 Å². The van der Waals surface area contributed by atoms with Crippen LogP contribution in [0, 0.1) is 29.1 Å². The average molecular weight is 413 g/mol. The van der Waals surface area contributed by atoms with Crippen LogP contribution in [-0.2, 0) is 16.0 Å². The summed E-state index contributed by atoms with van der Waals surface area (Å²) in [5, 5.41) is 2.48. The standard InChI is InChI=1S/C26H37NO3/c1-17-7-5-11-26(2)15-24-20(14-22(17)26)21(25(28)30-24)16-27-23-10-4-3-8-18(23)13-19-9-6-12-29-19/h6,9,12,14,17-18,20-21,23-24,27H,3-5,7-8,10-11,13,15-16H2,1-2H3/p+1/t17-,18+,20+,21-,23-,24+,26+/m0/s1. The normalized spacial score (nSPS) is 41.0. The van der Waals surface area contributed by atoms with E-state index < -0.39 is 0 Å². The molecule has 3 aliphatic carbocycles. The third-order valence-corrected chi connectivity index (χ3v) is 8.79. The van der Waals surface area contributed by atoms with E-state index in [1.807, 2.05) is 6.07 Å². The van der Waals surface area contributed by atoms with Gasteiger partial charge in [0.2, 0.25) is 0 Å². The zero-order valence-corrected chi connectivity index (χ0v) is 18.6. The number of rotatable bonds is 5. The van der Waals surface area contributed by atoms with Crippen LogP contribution >= 0.6 is 0 Å². The molecule has 1 aromatic rings. The lowest BCUT2D eigenvalue weighted by Gasteiger charge is -2.45. The molecule has 0 spiro atoms. The molecular formula is C26H38NO3+. The van der Waals surface area contributed by atoms with Gasteiger partial charge < -0.3 is 14.5 Å². The second-order valence-corrected chi connectivity index (χ2v) is 10.8. The van der Waals surface area contributed by atoms with Gasteiger partial charge in [0.1, 0.15) is 17.8 Å². The molecule has 0 aromatic carbocycles. The quantitative estimate of drug-likeness (QED) is 0.581. The maximum atomic E-state index is 12.9. The number of furan rings is 1. The topological polar surface area (TPSA) is 56.0 Å². The van der Waals surface area contributed by atoms with Crippen LogP contribution in [0.3, 0.4) is 0 Å². The molecule has 4 heteroatoms. The summed E-state index contributed by atoms with van der Waals surface area (Å²) in [5.74, 6) is 2.75. The summed E-state index contributed by atoms with van der Waals surface area (Å²) in [7, 11) is 0. The number of hydrogen-bond acceptors (Lipinski definition) is 3. The Kier molecular flexibility index (Phi) is 5.55. The summed E-state index contributed by atoms with van der Waals surface area (Å²) in [6.07, 6.45) is 15.4. The lowest BCUT2D eigenvalue weighted by Crippen LogP contribution is -2.93. The van der Waals surface area contributed by atoms with Gasteiger partial charge in [0.25, 0.3) is 0 Å². The monoisotopic (exact) mass is 412 g/mol. The van der Waals surface area contributed by atoms with Crippen LogP contribution in [0.25, 0.3) is 0 Å². The van der Waals surface area contributed by atoms with E-state index in [1.54, 1.807) is 11.8 Å². The first kappa shape index (κ1) is 20.4. The van der Waals surface area contributed by atoms with Crippen LogP contribution in [-0.4, -0.2) is 24.7 Å². The summed E-state index contributed by atoms with van der Waals surface area (Å²) in [6, 6.07) is 4.68. The minimum Gasteiger partial charge on any atom is -0.469 e. The SMILES string of the molecule is C[C@H]1CCC[C@]2(C)C[C@H]3OC(=O)[C@@H](C[NH2+][C@H]4CCCC[C@@H]4Cc4ccco4)[C@H]3C=C12. The van der Waals surface area contributed by atoms with E-state index in [0.29, 0.717) is 17.9 Å². The zero-order chi connectivity index (χ0) is 20.7. The molecule has 7 atom stereocenters. The molecule has 1 aromatic heterocycles. The van der Waals surface area contributed by atoms with Crippen molar-refractivity contribution in [3.63, 3.8) is 0 Å². The van der Waals surface area contributed by atoms with E-state index in [0.717, 1.165) is 25.1 Å². The minimum atomic E-state index is 0.0207. The van der Waals surface area contributed by atoms with Crippen molar-refractivity contribution in [2.75, 3.05) is 6.54 Å². The van der Waals surface area contributed by atoms with Crippen molar-refractivity contribution in [1.29, 1.82) is 0 Å². The van der Waals surface area contributed by atoms with Crippen molar-refractivity contribution >= 4 is 5.97 Å². The van der Waals surface area contributed by atoms with Crippen LogP contribution in [0.1, 0.15) is 71.0 Å². The lowest BCUT2D eigenvalue weighted by atomic mass is 9.59. The Labute approximate surface area is 180 Å². The van der Waals surface area contributed by atoms with Gasteiger partial charge in [-0.3, -0.25) is 4.79 Å². The van der Waals surface area contributed by atoms with Crippen molar-refractivity contribution in [3.8, 4) is 0 Å². The van der Waals surface area contributed by atoms with Gasteiger partial charge >= 0.3 is 5.97 Å². The summed E-state index contributed by atoms with van der Waals surface area (Å²) >= 11 is 0. The molecule has 164 valence electrons. The van der Waals surface area contributed by atoms with Gasteiger partial charge in [-0.25, -0.2) is 0 Å². The second-order valence-electron chi connectivity index (χ2n) is 10.8. The third kappa shape index (κ3) is 3.77. The fourth-order valence-corrected chi connectivity index (χ4v) is 7.12. The molecular weight excluding hydrogens is 374 g/mol. The Balaban J connectivity index is 1.28. The number of hydrogen-bond donors (Lipinski definition) is 1. The molecule has 1 saturated heterocycles. The molecule has 30 heavy (non-hydrogen) atoms. The highest BCUT2D eigenvalue weighted by Crippen LogP contribution is 2.53. The van der Waals surface area contributed by atoms with Gasteiger partial charge in [0.15, 0.2) is 0 Å². The highest BCUT2D eigenvalue weighted by atomic mass is 16.6. The maximum absolute atomic E-state index is 12.9. The Morgan fingerprint density at radius 1 is 1.20 bits per heavy atom. The van der Waals surface area contributed by atoms with E-state index >= 15 is 0 Å². The number of nitrogens with two attached hydrogens (primary N) is 1. The number of allylic oxidation sites excluding steroid dienone is 1. The van der Waals surface area contributed by atoms with Crippen molar-refractivity contribution < 1.29 is 19.3 Å². The summed E-state index contributed by atoms with van der Waals surface area (Å²) in [4.78, 5) is 12.9. The summed E-state index contributed by atoms with van der Waals surface area (Å²) in [6.45, 7) is 5.65. The van der Waals surface area contributed by atoms with Crippen LogP contribution < -0.4 is 5.32 Å². The van der Waals surface area contributed by atoms with Gasteiger partial charge in [-0.15, -0.1) is 0 Å². The van der Waals surface area contributed by atoms with Crippen molar-refractivity contribution in [2.45, 2.75) is 83.8 Å². The fourth-order valence-electron chi connectivity index (χ4n) is 7.12. The van der Waals surface area contributed by atoms with Gasteiger partial charge in [-0.2, -0.15) is 0 Å². The molecule has 0 amide bonds. The number of esters is 1. The smallest absolute Gasteiger partial charge is 0.315 e. The molecule has 5 rings (SSSR count). The lowest BCUT2D eigenvalue weighted by molar-refractivity contribution is -0.702. The number of quaternary nitrogens is 1. The van der Waals surface area contributed by atoms with E-state index in [1.165, 1.54) is 44.9 Å². The molecule has 2 saturated carbocycles. The molecule has 0 radical (unpaired) electrons. The van der Waals surface area contributed by atoms with E-state index in [2.05, 4.69) is 31.3 Å². The Morgan fingerprint density at radius 2 is 2.07 bits per heavy atom. The predicted molar refractivity (Wildman–Crippen MR) is 116 cm³/mol. The highest BCUT2D eigenvalue weighted by Gasteiger charge is 2.52. The first-order chi connectivity index (χ1) is 14.5. The van der Waals surface area contributed by atoms with Crippen LogP contribution in [0.15, 0.2) is 34.5 Å². The maximum Gasteiger partial charge on any atom is 0.315 e. The van der Waals surface area contributed by atoms with E-state index in [9.17, 15) is 4.79 Å². The second kappa shape index (κ2) is 8.18. The van der Waals surface area contributed by atoms with Gasteiger partial charge in [-0.05, 0) is 62.0 Å². The first-order valence-corrected chi connectivity index (χ1v) is 12.3. The van der Waals surface area contributed by atoms with Crippen LogP contribution in [0.2, 0.25) is 0 Å². The zero-order valence-electron chi connectivity index (χ0n) is 18.6. The largest absolute Gasteiger partial charge is 0.469 e. The van der Waals surface area contributed by atoms with Crippen molar-refractivity contribution in [1.82, 2.24) is 0 Å². The van der Waals surface area contributed by atoms with Crippen molar-refractivity contribution in [2.24, 2.45) is 29.1 Å². The van der Waals surface area contributed by atoms with E-state index in [-0.39, 0.29) is 29.3 Å². The number of ether oxygens (including phenoxy) is 1. The molecule has 4 aliphatic rings. The number of fused-ring (bicyclic) bond motifs is 2. The molecule has 3 fully saturated rings. The minimum absolute atomic E-state index is 0.0207. The Morgan fingerprint density at radius 3 is 2.90 bits per heavy atom.